The van der Waals surface area contributed by atoms with Gasteiger partial charge in [-0.1, -0.05) is 0 Å². The first-order valence-electron chi connectivity index (χ1n) is 5.48. The minimum Gasteiger partial charge on any atom is -0.460 e. The highest BCUT2D eigenvalue weighted by molar-refractivity contribution is 5.75. The van der Waals surface area contributed by atoms with Crippen LogP contribution in [0.25, 0.3) is 0 Å². The molecular weight excluding hydrogens is 208 g/mol. The van der Waals surface area contributed by atoms with Crippen LogP contribution in [0.5, 0.6) is 0 Å². The number of carbonyl (C=O) groups is 2. The molecule has 0 aromatic carbocycles. The zero-order chi connectivity index (χ0) is 12.6. The summed E-state index contributed by atoms with van der Waals surface area (Å²) in [7, 11) is 1.60. The predicted octanol–water partition coefficient (Wildman–Crippen LogP) is 0.444. The van der Waals surface area contributed by atoms with Crippen molar-refractivity contribution < 1.29 is 14.3 Å². The Morgan fingerprint density at radius 1 is 1.12 bits per heavy atom. The lowest BCUT2D eigenvalue weighted by molar-refractivity contribution is -0.154. The molecule has 5 nitrogen and oxygen atoms in total. The summed E-state index contributed by atoms with van der Waals surface area (Å²) >= 11 is 0. The molecule has 0 aromatic heterocycles. The van der Waals surface area contributed by atoms with Gasteiger partial charge in [-0.25, -0.2) is 0 Å². The van der Waals surface area contributed by atoms with Crippen LogP contribution in [0, 0.1) is 0 Å². The molecular formula is C11H22N2O3. The fourth-order valence-electron chi connectivity index (χ4n) is 1.03. The number of hydrogen-bond donors (Lipinski definition) is 2. The summed E-state index contributed by atoms with van der Waals surface area (Å²) in [6.07, 6.45) is 0.746. The molecule has 1 amide bonds. The summed E-state index contributed by atoms with van der Waals surface area (Å²) in [4.78, 5) is 22.1. The summed E-state index contributed by atoms with van der Waals surface area (Å²) in [5.41, 5.74) is -0.431. The fourth-order valence-corrected chi connectivity index (χ4v) is 1.03. The third-order valence-corrected chi connectivity index (χ3v) is 1.73. The molecule has 2 N–H and O–H groups in total. The standard InChI is InChI=1S/C11H22N2O3/c1-11(2,3)16-10(15)6-8-13-7-5-9(14)12-4/h13H,5-8H2,1-4H3,(H,12,14). The van der Waals surface area contributed by atoms with Gasteiger partial charge in [0.15, 0.2) is 0 Å². The summed E-state index contributed by atoms with van der Waals surface area (Å²) < 4.78 is 5.13. The van der Waals surface area contributed by atoms with E-state index in [1.807, 2.05) is 20.8 Å². The second-order valence-electron chi connectivity index (χ2n) is 4.51. The van der Waals surface area contributed by atoms with Gasteiger partial charge in [0.25, 0.3) is 0 Å². The molecule has 0 saturated heterocycles. The van der Waals surface area contributed by atoms with Crippen LogP contribution >= 0.6 is 0 Å². The topological polar surface area (TPSA) is 67.4 Å². The highest BCUT2D eigenvalue weighted by Crippen LogP contribution is 2.07. The highest BCUT2D eigenvalue weighted by Gasteiger charge is 2.15. The molecule has 0 spiro atoms. The normalized spacial score (nSPS) is 11.0. The lowest BCUT2D eigenvalue weighted by atomic mass is 10.2. The number of nitrogens with one attached hydrogen (secondary N) is 2. The summed E-state index contributed by atoms with van der Waals surface area (Å²) in [5.74, 6) is -0.232. The first kappa shape index (κ1) is 14.9. The van der Waals surface area contributed by atoms with Gasteiger partial charge in [-0.3, -0.25) is 9.59 Å². The molecule has 0 heterocycles. The molecule has 94 valence electrons. The maximum Gasteiger partial charge on any atom is 0.307 e. The van der Waals surface area contributed by atoms with E-state index in [4.69, 9.17) is 4.74 Å². The zero-order valence-electron chi connectivity index (χ0n) is 10.6. The molecule has 0 bridgehead atoms. The number of ether oxygens (including phenoxy) is 1. The second kappa shape index (κ2) is 7.22. The van der Waals surface area contributed by atoms with Crippen molar-refractivity contribution in [3.8, 4) is 0 Å². The van der Waals surface area contributed by atoms with Gasteiger partial charge in [-0.15, -0.1) is 0 Å². The summed E-state index contributed by atoms with van der Waals surface area (Å²) in [5, 5.41) is 5.53. The van der Waals surface area contributed by atoms with E-state index in [0.717, 1.165) is 0 Å². The van der Waals surface area contributed by atoms with Gasteiger partial charge >= 0.3 is 5.97 Å². The van der Waals surface area contributed by atoms with E-state index in [9.17, 15) is 9.59 Å². The number of rotatable bonds is 6. The smallest absolute Gasteiger partial charge is 0.307 e. The van der Waals surface area contributed by atoms with Crippen molar-refractivity contribution in [2.24, 2.45) is 0 Å². The van der Waals surface area contributed by atoms with Gasteiger partial charge in [-0.2, -0.15) is 0 Å². The molecule has 0 atom stereocenters. The van der Waals surface area contributed by atoms with E-state index < -0.39 is 5.60 Å². The minimum absolute atomic E-state index is 0.00947. The third kappa shape index (κ3) is 9.45. The van der Waals surface area contributed by atoms with E-state index in [0.29, 0.717) is 25.9 Å². The third-order valence-electron chi connectivity index (χ3n) is 1.73. The Balaban J connectivity index is 3.45. The van der Waals surface area contributed by atoms with Crippen LogP contribution in [-0.4, -0.2) is 37.6 Å². The maximum absolute atomic E-state index is 11.3. The SMILES string of the molecule is CNC(=O)CCNCCC(=O)OC(C)(C)C. The molecule has 0 aliphatic heterocycles. The average molecular weight is 230 g/mol. The fraction of sp³-hybridized carbons (Fsp3) is 0.818. The number of amides is 1. The second-order valence-corrected chi connectivity index (χ2v) is 4.51. The number of esters is 1. The van der Waals surface area contributed by atoms with E-state index in [1.54, 1.807) is 7.05 Å². The van der Waals surface area contributed by atoms with E-state index in [2.05, 4.69) is 10.6 Å². The van der Waals surface area contributed by atoms with Gasteiger partial charge < -0.3 is 15.4 Å². The molecule has 0 aliphatic rings. The quantitative estimate of drug-likeness (QED) is 0.513. The Labute approximate surface area is 96.9 Å². The largest absolute Gasteiger partial charge is 0.460 e. The van der Waals surface area contributed by atoms with E-state index in [1.165, 1.54) is 0 Å². The average Bonchev–Trinajstić information content (AvgIpc) is 2.14. The molecule has 0 radical (unpaired) electrons. The Morgan fingerprint density at radius 2 is 1.69 bits per heavy atom. The highest BCUT2D eigenvalue weighted by atomic mass is 16.6. The molecule has 16 heavy (non-hydrogen) atoms. The van der Waals surface area contributed by atoms with Gasteiger partial charge in [-0.05, 0) is 20.8 Å². The Bertz CT molecular complexity index is 234. The predicted molar refractivity (Wildman–Crippen MR) is 62.0 cm³/mol. The van der Waals surface area contributed by atoms with Crippen LogP contribution in [0.15, 0.2) is 0 Å². The van der Waals surface area contributed by atoms with Crippen molar-refractivity contribution in [3.63, 3.8) is 0 Å². The maximum atomic E-state index is 11.3. The first-order chi connectivity index (χ1) is 7.35. The van der Waals surface area contributed by atoms with Crippen LogP contribution in [0.3, 0.4) is 0 Å². The van der Waals surface area contributed by atoms with Gasteiger partial charge in [0, 0.05) is 26.6 Å². The molecule has 0 saturated carbocycles. The van der Waals surface area contributed by atoms with Crippen LogP contribution in [0.2, 0.25) is 0 Å². The number of hydrogen-bond acceptors (Lipinski definition) is 4. The van der Waals surface area contributed by atoms with Crippen molar-refractivity contribution in [1.29, 1.82) is 0 Å². The molecule has 0 aliphatic carbocycles. The van der Waals surface area contributed by atoms with Crippen molar-refractivity contribution in [3.05, 3.63) is 0 Å². The van der Waals surface area contributed by atoms with Crippen molar-refractivity contribution >= 4 is 11.9 Å². The van der Waals surface area contributed by atoms with Crippen LogP contribution < -0.4 is 10.6 Å². The van der Waals surface area contributed by atoms with Crippen LogP contribution in [-0.2, 0) is 14.3 Å². The monoisotopic (exact) mass is 230 g/mol. The molecule has 0 rings (SSSR count). The van der Waals surface area contributed by atoms with Crippen molar-refractivity contribution in [1.82, 2.24) is 10.6 Å². The van der Waals surface area contributed by atoms with Crippen LogP contribution in [0.4, 0.5) is 0 Å². The van der Waals surface area contributed by atoms with Gasteiger partial charge in [0.2, 0.25) is 5.91 Å². The Morgan fingerprint density at radius 3 is 2.19 bits per heavy atom. The molecule has 0 aromatic rings. The summed E-state index contributed by atoms with van der Waals surface area (Å²) in [6.45, 7) is 6.62. The first-order valence-corrected chi connectivity index (χ1v) is 5.48. The molecule has 0 unspecified atom stereocenters. The number of carbonyl (C=O) groups excluding carboxylic acids is 2. The molecule has 0 fully saturated rings. The lowest BCUT2D eigenvalue weighted by Gasteiger charge is -2.19. The van der Waals surface area contributed by atoms with Gasteiger partial charge in [0.05, 0.1) is 6.42 Å². The Kier molecular flexibility index (Phi) is 6.72. The Hall–Kier alpha value is -1.10. The lowest BCUT2D eigenvalue weighted by Crippen LogP contribution is -2.28. The van der Waals surface area contributed by atoms with Crippen molar-refractivity contribution in [2.45, 2.75) is 39.2 Å². The van der Waals surface area contributed by atoms with Crippen molar-refractivity contribution in [2.75, 3.05) is 20.1 Å². The van der Waals surface area contributed by atoms with E-state index in [-0.39, 0.29) is 11.9 Å². The summed E-state index contributed by atoms with van der Waals surface area (Å²) in [6, 6.07) is 0. The zero-order valence-corrected chi connectivity index (χ0v) is 10.6. The van der Waals surface area contributed by atoms with Gasteiger partial charge in [0.1, 0.15) is 5.60 Å². The minimum atomic E-state index is -0.431. The van der Waals surface area contributed by atoms with E-state index >= 15 is 0 Å². The molecule has 5 heteroatoms. The van der Waals surface area contributed by atoms with Crippen LogP contribution in [0.1, 0.15) is 33.6 Å².